The molecule has 0 radical (unpaired) electrons. The molecule has 7 heteroatoms. The topological polar surface area (TPSA) is 80.3 Å². The lowest BCUT2D eigenvalue weighted by Gasteiger charge is -2.07. The fourth-order valence-electron chi connectivity index (χ4n) is 2.27. The number of ether oxygens (including phenoxy) is 1. The first-order valence-electron chi connectivity index (χ1n) is 8.80. The van der Waals surface area contributed by atoms with Gasteiger partial charge in [-0.3, -0.25) is 9.59 Å². The number of carbonyl (C=O) groups is 2. The Morgan fingerprint density at radius 2 is 1.92 bits per heavy atom. The van der Waals surface area contributed by atoms with Crippen LogP contribution >= 0.6 is 11.3 Å². The molecular weight excluding hydrogens is 350 g/mol. The Hall–Kier alpha value is -2.41. The highest BCUT2D eigenvalue weighted by atomic mass is 32.1. The van der Waals surface area contributed by atoms with E-state index in [0.29, 0.717) is 17.3 Å². The maximum Gasteiger partial charge on any atom is 0.251 e. The minimum absolute atomic E-state index is 0.104. The number of nitrogens with one attached hydrogen (secondary N) is 2. The average Bonchev–Trinajstić information content (AvgIpc) is 2.99. The van der Waals surface area contributed by atoms with Crippen LogP contribution in [0.25, 0.3) is 0 Å². The van der Waals surface area contributed by atoms with Crippen molar-refractivity contribution in [1.29, 1.82) is 0 Å². The first-order valence-corrected chi connectivity index (χ1v) is 9.62. The molecule has 6 nitrogen and oxygen atoms in total. The van der Waals surface area contributed by atoms with Crippen molar-refractivity contribution >= 4 is 28.3 Å². The van der Waals surface area contributed by atoms with E-state index in [-0.39, 0.29) is 18.4 Å². The summed E-state index contributed by atoms with van der Waals surface area (Å²) in [7, 11) is 0. The number of thiazole rings is 1. The summed E-state index contributed by atoms with van der Waals surface area (Å²) < 4.78 is 5.56. The van der Waals surface area contributed by atoms with Crippen molar-refractivity contribution in [2.75, 3.05) is 18.5 Å². The molecule has 0 bridgehead atoms. The zero-order chi connectivity index (χ0) is 18.9. The maximum atomic E-state index is 12.1. The molecule has 0 saturated carbocycles. The van der Waals surface area contributed by atoms with Gasteiger partial charge in [0.1, 0.15) is 5.75 Å². The number of aromatic nitrogens is 1. The molecule has 0 aliphatic rings. The Labute approximate surface area is 158 Å². The maximum absolute atomic E-state index is 12.1. The summed E-state index contributed by atoms with van der Waals surface area (Å²) in [6.07, 6.45) is 2.89. The Balaban J connectivity index is 1.80. The zero-order valence-electron chi connectivity index (χ0n) is 15.4. The van der Waals surface area contributed by atoms with Crippen LogP contribution in [0.5, 0.6) is 5.75 Å². The summed E-state index contributed by atoms with van der Waals surface area (Å²) in [5.41, 5.74) is 1.47. The van der Waals surface area contributed by atoms with E-state index >= 15 is 0 Å². The second kappa shape index (κ2) is 9.91. The van der Waals surface area contributed by atoms with Crippen LogP contribution < -0.4 is 15.4 Å². The number of nitrogens with zero attached hydrogens (tertiary/aromatic N) is 1. The Morgan fingerprint density at radius 3 is 2.54 bits per heavy atom. The molecule has 2 rings (SSSR count). The number of carbonyl (C=O) groups excluding carboxylic acids is 2. The van der Waals surface area contributed by atoms with Gasteiger partial charge in [0.25, 0.3) is 5.91 Å². The summed E-state index contributed by atoms with van der Waals surface area (Å²) in [5.74, 6) is 0.137. The number of aryl methyl sites for hydroxylation is 2. The van der Waals surface area contributed by atoms with Crippen LogP contribution in [0.1, 0.15) is 47.6 Å². The number of amides is 2. The summed E-state index contributed by atoms with van der Waals surface area (Å²) in [6, 6.07) is 6.89. The first kappa shape index (κ1) is 19.9. The molecule has 1 aromatic carbocycles. The third-order valence-electron chi connectivity index (χ3n) is 3.77. The van der Waals surface area contributed by atoms with Crippen molar-refractivity contribution in [3.05, 3.63) is 40.4 Å². The number of hydrogen-bond acceptors (Lipinski definition) is 5. The van der Waals surface area contributed by atoms with Crippen molar-refractivity contribution in [2.24, 2.45) is 0 Å². The van der Waals surface area contributed by atoms with E-state index in [1.54, 1.807) is 24.3 Å². The molecule has 0 aliphatic heterocycles. The third kappa shape index (κ3) is 5.84. The molecule has 2 amide bonds. The molecule has 1 heterocycles. The average molecular weight is 375 g/mol. The molecule has 2 aromatic rings. The molecule has 0 aliphatic carbocycles. The Kier molecular flexibility index (Phi) is 7.59. The highest BCUT2D eigenvalue weighted by Gasteiger charge is 2.11. The molecule has 1 aromatic heterocycles. The van der Waals surface area contributed by atoms with Crippen LogP contribution in [-0.2, 0) is 11.2 Å². The second-order valence-corrected chi connectivity index (χ2v) is 7.04. The van der Waals surface area contributed by atoms with Gasteiger partial charge in [0.15, 0.2) is 5.13 Å². The SMILES string of the molecule is CCCCOc1ccc(C(=O)NCC(=O)Nc2nc(CC)c(C)s2)cc1. The summed E-state index contributed by atoms with van der Waals surface area (Å²) in [5, 5.41) is 5.89. The number of rotatable bonds is 9. The molecule has 2 N–H and O–H groups in total. The second-order valence-electron chi connectivity index (χ2n) is 5.83. The van der Waals surface area contributed by atoms with Crippen molar-refractivity contribution in [1.82, 2.24) is 10.3 Å². The van der Waals surface area contributed by atoms with Gasteiger partial charge in [-0.15, -0.1) is 11.3 Å². The lowest BCUT2D eigenvalue weighted by Crippen LogP contribution is -2.32. The van der Waals surface area contributed by atoms with E-state index in [2.05, 4.69) is 22.5 Å². The highest BCUT2D eigenvalue weighted by molar-refractivity contribution is 7.15. The van der Waals surface area contributed by atoms with Crippen molar-refractivity contribution in [3.63, 3.8) is 0 Å². The van der Waals surface area contributed by atoms with Crippen molar-refractivity contribution in [2.45, 2.75) is 40.0 Å². The Morgan fingerprint density at radius 1 is 1.19 bits per heavy atom. The monoisotopic (exact) mass is 375 g/mol. The van der Waals surface area contributed by atoms with Gasteiger partial charge in [0.05, 0.1) is 18.8 Å². The van der Waals surface area contributed by atoms with E-state index in [4.69, 9.17) is 4.74 Å². The van der Waals surface area contributed by atoms with Crippen LogP contribution in [0.4, 0.5) is 5.13 Å². The zero-order valence-corrected chi connectivity index (χ0v) is 16.2. The predicted octanol–water partition coefficient (Wildman–Crippen LogP) is 3.56. The predicted molar refractivity (Wildman–Crippen MR) is 104 cm³/mol. The molecule has 140 valence electrons. The van der Waals surface area contributed by atoms with Gasteiger partial charge >= 0.3 is 0 Å². The normalized spacial score (nSPS) is 10.4. The molecule has 0 spiro atoms. The van der Waals surface area contributed by atoms with Crippen LogP contribution in [-0.4, -0.2) is 29.9 Å². The van der Waals surface area contributed by atoms with E-state index in [1.807, 2.05) is 13.8 Å². The van der Waals surface area contributed by atoms with Gasteiger partial charge in [-0.25, -0.2) is 4.98 Å². The summed E-state index contributed by atoms with van der Waals surface area (Å²) >= 11 is 1.44. The molecular formula is C19H25N3O3S. The van der Waals surface area contributed by atoms with Gasteiger partial charge in [-0.2, -0.15) is 0 Å². The largest absolute Gasteiger partial charge is 0.494 e. The fourth-order valence-corrected chi connectivity index (χ4v) is 3.19. The quantitative estimate of drug-likeness (QED) is 0.657. The number of unbranched alkanes of at least 4 members (excludes halogenated alkanes) is 1. The Bertz CT molecular complexity index is 741. The minimum Gasteiger partial charge on any atom is -0.494 e. The molecule has 0 fully saturated rings. The van der Waals surface area contributed by atoms with Crippen LogP contribution in [0.15, 0.2) is 24.3 Å². The van der Waals surface area contributed by atoms with E-state index in [0.717, 1.165) is 35.6 Å². The fraction of sp³-hybridized carbons (Fsp3) is 0.421. The number of hydrogen-bond donors (Lipinski definition) is 2. The van der Waals surface area contributed by atoms with Gasteiger partial charge in [-0.05, 0) is 44.0 Å². The van der Waals surface area contributed by atoms with Gasteiger partial charge < -0.3 is 15.4 Å². The molecule has 0 saturated heterocycles. The number of anilines is 1. The third-order valence-corrected chi connectivity index (χ3v) is 4.70. The molecule has 0 atom stereocenters. The van der Waals surface area contributed by atoms with E-state index < -0.39 is 0 Å². The van der Waals surface area contributed by atoms with Gasteiger partial charge in [0, 0.05) is 10.4 Å². The standard InChI is InChI=1S/C19H25N3O3S/c1-4-6-11-25-15-9-7-14(8-10-15)18(24)20-12-17(23)22-19-21-16(5-2)13(3)26-19/h7-10H,4-6,11-12H2,1-3H3,(H,20,24)(H,21,22,23). The van der Waals surface area contributed by atoms with Gasteiger partial charge in [0.2, 0.25) is 5.91 Å². The lowest BCUT2D eigenvalue weighted by atomic mass is 10.2. The number of benzene rings is 1. The lowest BCUT2D eigenvalue weighted by molar-refractivity contribution is -0.115. The van der Waals surface area contributed by atoms with E-state index in [1.165, 1.54) is 11.3 Å². The summed E-state index contributed by atoms with van der Waals surface area (Å²) in [6.45, 7) is 6.66. The van der Waals surface area contributed by atoms with Crippen LogP contribution in [0, 0.1) is 6.92 Å². The molecule has 26 heavy (non-hydrogen) atoms. The van der Waals surface area contributed by atoms with Crippen LogP contribution in [0.2, 0.25) is 0 Å². The van der Waals surface area contributed by atoms with Crippen LogP contribution in [0.3, 0.4) is 0 Å². The van der Waals surface area contributed by atoms with Crippen molar-refractivity contribution in [3.8, 4) is 5.75 Å². The smallest absolute Gasteiger partial charge is 0.251 e. The summed E-state index contributed by atoms with van der Waals surface area (Å²) in [4.78, 5) is 29.6. The van der Waals surface area contributed by atoms with Crippen molar-refractivity contribution < 1.29 is 14.3 Å². The van der Waals surface area contributed by atoms with E-state index in [9.17, 15) is 9.59 Å². The van der Waals surface area contributed by atoms with Gasteiger partial charge in [-0.1, -0.05) is 20.3 Å². The highest BCUT2D eigenvalue weighted by Crippen LogP contribution is 2.22. The minimum atomic E-state index is -0.301. The molecule has 0 unspecified atom stereocenters. The first-order chi connectivity index (χ1) is 12.5.